The Hall–Kier alpha value is -1.33. The van der Waals surface area contributed by atoms with Gasteiger partial charge in [-0.3, -0.25) is 9.59 Å². The van der Waals surface area contributed by atoms with E-state index in [1.165, 1.54) is 24.6 Å². The normalized spacial score (nSPS) is 18.6. The quantitative estimate of drug-likeness (QED) is 0.735. The lowest BCUT2D eigenvalue weighted by atomic mass is 10.0. The topological polar surface area (TPSA) is 49.4 Å². The maximum atomic E-state index is 12.3. The highest BCUT2D eigenvalue weighted by atomic mass is 32.2. The highest BCUT2D eigenvalue weighted by Gasteiger charge is 2.25. The third kappa shape index (κ3) is 5.35. The molecule has 5 heteroatoms. The molecule has 1 amide bonds. The molecule has 1 saturated carbocycles. The fraction of sp³-hybridized carbons (Fsp3) is 0.579. The van der Waals surface area contributed by atoms with Crippen molar-refractivity contribution in [3.8, 4) is 0 Å². The SMILES string of the molecule is O=C(CSCC(=O)N1CCC(NCC2CC2)CC1)c1ccccc1. The molecular weight excluding hydrogens is 320 g/mol. The number of nitrogens with one attached hydrogen (secondary N) is 1. The van der Waals surface area contributed by atoms with Crippen LogP contribution in [0.2, 0.25) is 0 Å². The highest BCUT2D eigenvalue weighted by molar-refractivity contribution is 8.00. The molecular formula is C19H26N2O2S. The molecule has 1 aromatic rings. The second-order valence-corrected chi connectivity index (χ2v) is 7.77. The van der Waals surface area contributed by atoms with Crippen molar-refractivity contribution in [2.24, 2.45) is 5.92 Å². The van der Waals surface area contributed by atoms with E-state index in [2.05, 4.69) is 5.32 Å². The molecule has 1 aliphatic carbocycles. The lowest BCUT2D eigenvalue weighted by Crippen LogP contribution is -2.46. The van der Waals surface area contributed by atoms with Crippen LogP contribution in [-0.4, -0.2) is 53.8 Å². The first-order valence-electron chi connectivity index (χ1n) is 8.89. The van der Waals surface area contributed by atoms with Gasteiger partial charge in [-0.1, -0.05) is 30.3 Å². The summed E-state index contributed by atoms with van der Waals surface area (Å²) in [5, 5.41) is 3.63. The minimum atomic E-state index is 0.0939. The van der Waals surface area contributed by atoms with Crippen LogP contribution < -0.4 is 5.32 Å². The largest absolute Gasteiger partial charge is 0.342 e. The number of carbonyl (C=O) groups is 2. The van der Waals surface area contributed by atoms with E-state index in [1.54, 1.807) is 0 Å². The van der Waals surface area contributed by atoms with Gasteiger partial charge in [0.1, 0.15) is 0 Å². The van der Waals surface area contributed by atoms with Gasteiger partial charge in [0.2, 0.25) is 5.91 Å². The second kappa shape index (κ2) is 8.67. The summed E-state index contributed by atoms with van der Waals surface area (Å²) in [4.78, 5) is 26.2. The first kappa shape index (κ1) is 17.5. The summed E-state index contributed by atoms with van der Waals surface area (Å²) in [7, 11) is 0. The number of piperidine rings is 1. The smallest absolute Gasteiger partial charge is 0.232 e. The van der Waals surface area contributed by atoms with E-state index in [-0.39, 0.29) is 11.7 Å². The van der Waals surface area contributed by atoms with Gasteiger partial charge >= 0.3 is 0 Å². The number of ketones is 1. The molecule has 1 heterocycles. The van der Waals surface area contributed by atoms with Crippen molar-refractivity contribution in [3.05, 3.63) is 35.9 Å². The molecule has 0 unspecified atom stereocenters. The molecule has 130 valence electrons. The van der Waals surface area contributed by atoms with Gasteiger partial charge in [0, 0.05) is 24.7 Å². The Morgan fingerprint density at radius 3 is 2.42 bits per heavy atom. The lowest BCUT2D eigenvalue weighted by molar-refractivity contribution is -0.129. The highest BCUT2D eigenvalue weighted by Crippen LogP contribution is 2.28. The van der Waals surface area contributed by atoms with Crippen molar-refractivity contribution in [2.75, 3.05) is 31.1 Å². The molecule has 0 aromatic heterocycles. The fourth-order valence-electron chi connectivity index (χ4n) is 3.02. The number of thioether (sulfide) groups is 1. The molecule has 0 atom stereocenters. The molecule has 2 aliphatic rings. The third-order valence-electron chi connectivity index (χ3n) is 4.79. The summed E-state index contributed by atoms with van der Waals surface area (Å²) >= 11 is 1.42. The maximum absolute atomic E-state index is 12.3. The first-order chi connectivity index (χ1) is 11.7. The van der Waals surface area contributed by atoms with E-state index in [1.807, 2.05) is 35.2 Å². The Balaban J connectivity index is 1.31. The molecule has 1 saturated heterocycles. The molecule has 1 aromatic carbocycles. The molecule has 0 bridgehead atoms. The zero-order valence-corrected chi connectivity index (χ0v) is 14.9. The number of Topliss-reactive ketones (excluding diaryl/α,β-unsaturated/α-hetero) is 1. The average molecular weight is 346 g/mol. The van der Waals surface area contributed by atoms with Crippen molar-refractivity contribution >= 4 is 23.5 Å². The maximum Gasteiger partial charge on any atom is 0.232 e. The minimum Gasteiger partial charge on any atom is -0.342 e. The van der Waals surface area contributed by atoms with Gasteiger partial charge in [0.05, 0.1) is 11.5 Å². The molecule has 1 N–H and O–H groups in total. The summed E-state index contributed by atoms with van der Waals surface area (Å²) < 4.78 is 0. The monoisotopic (exact) mass is 346 g/mol. The number of nitrogens with zero attached hydrogens (tertiary/aromatic N) is 1. The number of rotatable bonds is 8. The van der Waals surface area contributed by atoms with E-state index in [4.69, 9.17) is 0 Å². The molecule has 0 radical (unpaired) electrons. The molecule has 2 fully saturated rings. The van der Waals surface area contributed by atoms with Crippen molar-refractivity contribution in [1.82, 2.24) is 10.2 Å². The Labute approximate surface area is 148 Å². The van der Waals surface area contributed by atoms with Gasteiger partial charge in [-0.2, -0.15) is 0 Å². The predicted octanol–water partition coefficient (Wildman–Crippen LogP) is 2.59. The lowest BCUT2D eigenvalue weighted by Gasteiger charge is -2.32. The van der Waals surface area contributed by atoms with Crippen molar-refractivity contribution < 1.29 is 9.59 Å². The van der Waals surface area contributed by atoms with Crippen LogP contribution >= 0.6 is 11.8 Å². The zero-order chi connectivity index (χ0) is 16.8. The Bertz CT molecular complexity index is 552. The van der Waals surface area contributed by atoms with E-state index in [0.717, 1.165) is 44.0 Å². The van der Waals surface area contributed by atoms with Crippen LogP contribution in [0.4, 0.5) is 0 Å². The predicted molar refractivity (Wildman–Crippen MR) is 98.4 cm³/mol. The summed E-state index contributed by atoms with van der Waals surface area (Å²) in [6, 6.07) is 9.85. The van der Waals surface area contributed by atoms with Crippen LogP contribution in [0.3, 0.4) is 0 Å². The molecule has 24 heavy (non-hydrogen) atoms. The summed E-state index contributed by atoms with van der Waals surface area (Å²) in [5.74, 6) is 1.94. The van der Waals surface area contributed by atoms with Crippen molar-refractivity contribution in [1.29, 1.82) is 0 Å². The van der Waals surface area contributed by atoms with Crippen LogP contribution in [0.25, 0.3) is 0 Å². The number of hydrogen-bond acceptors (Lipinski definition) is 4. The van der Waals surface area contributed by atoms with Crippen LogP contribution in [0.1, 0.15) is 36.0 Å². The molecule has 3 rings (SSSR count). The molecule has 0 spiro atoms. The Morgan fingerprint density at radius 1 is 1.04 bits per heavy atom. The van der Waals surface area contributed by atoms with E-state index >= 15 is 0 Å². The Kier molecular flexibility index (Phi) is 6.32. The first-order valence-corrected chi connectivity index (χ1v) is 10.0. The van der Waals surface area contributed by atoms with E-state index in [0.29, 0.717) is 17.5 Å². The average Bonchev–Trinajstić information content (AvgIpc) is 3.45. The summed E-state index contributed by atoms with van der Waals surface area (Å²) in [5.41, 5.74) is 0.722. The number of amides is 1. The van der Waals surface area contributed by atoms with Crippen molar-refractivity contribution in [3.63, 3.8) is 0 Å². The standard InChI is InChI=1S/C19H26N2O2S/c22-18(16-4-2-1-3-5-16)13-24-14-19(23)21-10-8-17(9-11-21)20-12-15-6-7-15/h1-5,15,17,20H,6-14H2. The number of hydrogen-bond donors (Lipinski definition) is 1. The van der Waals surface area contributed by atoms with Crippen LogP contribution in [-0.2, 0) is 4.79 Å². The number of likely N-dealkylation sites (tertiary alicyclic amines) is 1. The van der Waals surface area contributed by atoms with Gasteiger partial charge in [-0.25, -0.2) is 0 Å². The summed E-state index contributed by atoms with van der Waals surface area (Å²) in [6.45, 7) is 2.83. The minimum absolute atomic E-state index is 0.0939. The van der Waals surface area contributed by atoms with Gasteiger partial charge in [-0.15, -0.1) is 11.8 Å². The molecule has 1 aliphatic heterocycles. The van der Waals surface area contributed by atoms with E-state index < -0.39 is 0 Å². The zero-order valence-electron chi connectivity index (χ0n) is 14.1. The van der Waals surface area contributed by atoms with Gasteiger partial charge in [0.15, 0.2) is 5.78 Å². The second-order valence-electron chi connectivity index (χ2n) is 6.79. The van der Waals surface area contributed by atoms with Gasteiger partial charge in [0.25, 0.3) is 0 Å². The van der Waals surface area contributed by atoms with Crippen LogP contribution in [0, 0.1) is 5.92 Å². The Morgan fingerprint density at radius 2 is 1.75 bits per heavy atom. The van der Waals surface area contributed by atoms with Crippen molar-refractivity contribution in [2.45, 2.75) is 31.7 Å². The van der Waals surface area contributed by atoms with E-state index in [9.17, 15) is 9.59 Å². The van der Waals surface area contributed by atoms with Gasteiger partial charge < -0.3 is 10.2 Å². The van der Waals surface area contributed by atoms with Crippen LogP contribution in [0.5, 0.6) is 0 Å². The fourth-order valence-corrected chi connectivity index (χ4v) is 3.83. The third-order valence-corrected chi connectivity index (χ3v) is 5.71. The number of carbonyl (C=O) groups excluding carboxylic acids is 2. The molecule has 4 nitrogen and oxygen atoms in total. The number of benzene rings is 1. The van der Waals surface area contributed by atoms with Crippen LogP contribution in [0.15, 0.2) is 30.3 Å². The summed E-state index contributed by atoms with van der Waals surface area (Å²) in [6.07, 6.45) is 4.85. The van der Waals surface area contributed by atoms with Gasteiger partial charge in [-0.05, 0) is 38.1 Å².